The van der Waals surface area contributed by atoms with Crippen LogP contribution in [0.1, 0.15) is 16.2 Å². The van der Waals surface area contributed by atoms with Crippen LogP contribution in [0.5, 0.6) is 0 Å². The zero-order chi connectivity index (χ0) is 13.0. The highest BCUT2D eigenvalue weighted by Gasteiger charge is 2.05. The minimum Gasteiger partial charge on any atom is -0.352 e. The molecule has 0 spiro atoms. The van der Waals surface area contributed by atoms with Crippen molar-refractivity contribution in [3.05, 3.63) is 53.1 Å². The van der Waals surface area contributed by atoms with Gasteiger partial charge in [-0.3, -0.25) is 4.79 Å². The zero-order valence-corrected chi connectivity index (χ0v) is 10.8. The number of nitrogens with zero attached hydrogens (tertiary/aromatic N) is 2. The van der Waals surface area contributed by atoms with Crippen LogP contribution in [-0.4, -0.2) is 22.0 Å². The number of hydrogen-bond acceptors (Lipinski definition) is 2. The SMILES string of the molecule is Cn1ccnc1CCNC(=O)c1ccc(Cl)cc1. The fraction of sp³-hybridized carbons (Fsp3) is 0.231. The van der Waals surface area contributed by atoms with Crippen molar-refractivity contribution in [3.63, 3.8) is 0 Å². The second kappa shape index (κ2) is 5.69. The lowest BCUT2D eigenvalue weighted by atomic mass is 10.2. The number of aromatic nitrogens is 2. The molecule has 5 heteroatoms. The number of carbonyl (C=O) groups excluding carboxylic acids is 1. The Labute approximate surface area is 111 Å². The van der Waals surface area contributed by atoms with Gasteiger partial charge in [-0.25, -0.2) is 4.98 Å². The molecule has 4 nitrogen and oxygen atoms in total. The Morgan fingerprint density at radius 1 is 1.39 bits per heavy atom. The van der Waals surface area contributed by atoms with Gasteiger partial charge in [0.25, 0.3) is 5.91 Å². The topological polar surface area (TPSA) is 46.9 Å². The summed E-state index contributed by atoms with van der Waals surface area (Å²) >= 11 is 5.76. The fourth-order valence-electron chi connectivity index (χ4n) is 1.63. The Hall–Kier alpha value is -1.81. The maximum Gasteiger partial charge on any atom is 0.251 e. The van der Waals surface area contributed by atoms with Crippen molar-refractivity contribution in [3.8, 4) is 0 Å². The Kier molecular flexibility index (Phi) is 3.99. The predicted octanol–water partition coefficient (Wildman–Crippen LogP) is 2.05. The number of halogens is 1. The van der Waals surface area contributed by atoms with Crippen molar-refractivity contribution in [2.24, 2.45) is 7.05 Å². The van der Waals surface area contributed by atoms with Crippen LogP contribution in [0.15, 0.2) is 36.7 Å². The van der Waals surface area contributed by atoms with Crippen LogP contribution in [0.2, 0.25) is 5.02 Å². The van der Waals surface area contributed by atoms with E-state index in [2.05, 4.69) is 10.3 Å². The normalized spacial score (nSPS) is 10.3. The molecule has 0 saturated heterocycles. The van der Waals surface area contributed by atoms with Gasteiger partial charge < -0.3 is 9.88 Å². The number of rotatable bonds is 4. The van der Waals surface area contributed by atoms with E-state index in [4.69, 9.17) is 11.6 Å². The second-order valence-corrected chi connectivity index (χ2v) is 4.40. The molecule has 0 radical (unpaired) electrons. The quantitative estimate of drug-likeness (QED) is 0.918. The standard InChI is InChI=1S/C13H14ClN3O/c1-17-9-8-15-12(17)6-7-16-13(18)10-2-4-11(14)5-3-10/h2-5,8-9H,6-7H2,1H3,(H,16,18). The predicted molar refractivity (Wildman–Crippen MR) is 70.7 cm³/mol. The van der Waals surface area contributed by atoms with Crippen LogP contribution in [-0.2, 0) is 13.5 Å². The molecule has 0 unspecified atom stereocenters. The number of hydrogen-bond donors (Lipinski definition) is 1. The molecule has 1 aromatic carbocycles. The first-order valence-corrected chi connectivity index (χ1v) is 6.04. The summed E-state index contributed by atoms with van der Waals surface area (Å²) in [6, 6.07) is 6.82. The van der Waals surface area contributed by atoms with E-state index in [-0.39, 0.29) is 5.91 Å². The minimum absolute atomic E-state index is 0.0964. The van der Waals surface area contributed by atoms with Gasteiger partial charge in [0.1, 0.15) is 5.82 Å². The van der Waals surface area contributed by atoms with Gasteiger partial charge in [0.2, 0.25) is 0 Å². The molecule has 0 bridgehead atoms. The Bertz CT molecular complexity index is 533. The lowest BCUT2D eigenvalue weighted by molar-refractivity contribution is 0.0954. The number of carbonyl (C=O) groups is 1. The van der Waals surface area contributed by atoms with Crippen LogP contribution in [0.3, 0.4) is 0 Å². The summed E-state index contributed by atoms with van der Waals surface area (Å²) in [4.78, 5) is 16.0. The summed E-state index contributed by atoms with van der Waals surface area (Å²) in [6.45, 7) is 0.562. The molecule has 1 amide bonds. The van der Waals surface area contributed by atoms with Gasteiger partial charge in [-0.1, -0.05) is 11.6 Å². The lowest BCUT2D eigenvalue weighted by Gasteiger charge is -2.05. The number of imidazole rings is 1. The van der Waals surface area contributed by atoms with Crippen molar-refractivity contribution >= 4 is 17.5 Å². The van der Waals surface area contributed by atoms with Gasteiger partial charge in [-0.15, -0.1) is 0 Å². The zero-order valence-electron chi connectivity index (χ0n) is 10.1. The number of benzene rings is 1. The summed E-state index contributed by atoms with van der Waals surface area (Å²) in [6.07, 6.45) is 4.34. The fourth-order valence-corrected chi connectivity index (χ4v) is 1.75. The number of amides is 1. The first-order valence-electron chi connectivity index (χ1n) is 5.67. The molecule has 0 aliphatic heterocycles. The highest BCUT2D eigenvalue weighted by molar-refractivity contribution is 6.30. The molecule has 1 heterocycles. The van der Waals surface area contributed by atoms with E-state index in [0.29, 0.717) is 23.6 Å². The number of aryl methyl sites for hydroxylation is 1. The Balaban J connectivity index is 1.85. The first kappa shape index (κ1) is 12.6. The summed E-state index contributed by atoms with van der Waals surface area (Å²) in [5, 5.41) is 3.47. The van der Waals surface area contributed by atoms with Gasteiger partial charge in [-0.2, -0.15) is 0 Å². The van der Waals surface area contributed by atoms with E-state index in [1.54, 1.807) is 30.5 Å². The molecule has 0 aliphatic rings. The molecule has 0 saturated carbocycles. The molecular weight excluding hydrogens is 250 g/mol. The Morgan fingerprint density at radius 2 is 2.11 bits per heavy atom. The number of nitrogens with one attached hydrogen (secondary N) is 1. The van der Waals surface area contributed by atoms with Crippen LogP contribution < -0.4 is 5.32 Å². The lowest BCUT2D eigenvalue weighted by Crippen LogP contribution is -2.26. The van der Waals surface area contributed by atoms with Crippen LogP contribution in [0.4, 0.5) is 0 Å². The third kappa shape index (κ3) is 3.11. The molecule has 0 atom stereocenters. The molecular formula is C13H14ClN3O. The molecule has 0 aliphatic carbocycles. The average molecular weight is 264 g/mol. The van der Waals surface area contributed by atoms with E-state index in [9.17, 15) is 4.79 Å². The van der Waals surface area contributed by atoms with Crippen molar-refractivity contribution in [1.29, 1.82) is 0 Å². The van der Waals surface area contributed by atoms with Crippen molar-refractivity contribution in [2.75, 3.05) is 6.54 Å². The third-order valence-corrected chi connectivity index (χ3v) is 2.91. The summed E-state index contributed by atoms with van der Waals surface area (Å²) in [5.41, 5.74) is 0.610. The van der Waals surface area contributed by atoms with Crippen molar-refractivity contribution < 1.29 is 4.79 Å². The summed E-state index contributed by atoms with van der Waals surface area (Å²) < 4.78 is 1.94. The summed E-state index contributed by atoms with van der Waals surface area (Å²) in [5.74, 6) is 0.854. The van der Waals surface area contributed by atoms with Gasteiger partial charge in [0.15, 0.2) is 0 Å². The molecule has 2 rings (SSSR count). The van der Waals surface area contributed by atoms with Crippen molar-refractivity contribution in [1.82, 2.24) is 14.9 Å². The second-order valence-electron chi connectivity index (χ2n) is 3.97. The first-order chi connectivity index (χ1) is 8.66. The van der Waals surface area contributed by atoms with Gasteiger partial charge in [0, 0.05) is 43.0 Å². The van der Waals surface area contributed by atoms with E-state index in [1.807, 2.05) is 17.8 Å². The van der Waals surface area contributed by atoms with Crippen molar-refractivity contribution in [2.45, 2.75) is 6.42 Å². The highest BCUT2D eigenvalue weighted by atomic mass is 35.5. The van der Waals surface area contributed by atoms with E-state index < -0.39 is 0 Å². The van der Waals surface area contributed by atoms with E-state index >= 15 is 0 Å². The largest absolute Gasteiger partial charge is 0.352 e. The minimum atomic E-state index is -0.0964. The maximum atomic E-state index is 11.8. The summed E-state index contributed by atoms with van der Waals surface area (Å²) in [7, 11) is 1.93. The molecule has 18 heavy (non-hydrogen) atoms. The maximum absolute atomic E-state index is 11.8. The molecule has 2 aromatic rings. The van der Waals surface area contributed by atoms with E-state index in [1.165, 1.54) is 0 Å². The van der Waals surface area contributed by atoms with Gasteiger partial charge in [0.05, 0.1) is 0 Å². The highest BCUT2D eigenvalue weighted by Crippen LogP contribution is 2.09. The van der Waals surface area contributed by atoms with Gasteiger partial charge >= 0.3 is 0 Å². The van der Waals surface area contributed by atoms with E-state index in [0.717, 1.165) is 5.82 Å². The van der Waals surface area contributed by atoms with Crippen LogP contribution in [0, 0.1) is 0 Å². The Morgan fingerprint density at radius 3 is 2.72 bits per heavy atom. The molecule has 94 valence electrons. The third-order valence-electron chi connectivity index (χ3n) is 2.66. The molecule has 1 N–H and O–H groups in total. The van der Waals surface area contributed by atoms with Gasteiger partial charge in [-0.05, 0) is 24.3 Å². The smallest absolute Gasteiger partial charge is 0.251 e. The average Bonchev–Trinajstić information content (AvgIpc) is 2.76. The van der Waals surface area contributed by atoms with Crippen LogP contribution >= 0.6 is 11.6 Å². The van der Waals surface area contributed by atoms with Crippen LogP contribution in [0.25, 0.3) is 0 Å². The molecule has 1 aromatic heterocycles. The monoisotopic (exact) mass is 263 g/mol. The molecule has 0 fully saturated rings.